The van der Waals surface area contributed by atoms with Crippen LogP contribution in [0.4, 0.5) is 4.79 Å². The van der Waals surface area contributed by atoms with E-state index in [4.69, 9.17) is 9.47 Å². The molecule has 0 aromatic heterocycles. The van der Waals surface area contributed by atoms with Gasteiger partial charge in [-0.1, -0.05) is 19.9 Å². The van der Waals surface area contributed by atoms with Crippen molar-refractivity contribution in [2.75, 3.05) is 0 Å². The summed E-state index contributed by atoms with van der Waals surface area (Å²) in [6, 6.07) is -0.299. The van der Waals surface area contributed by atoms with Gasteiger partial charge in [0.2, 0.25) is 0 Å². The third kappa shape index (κ3) is 10.9. The molecule has 5 heteroatoms. The van der Waals surface area contributed by atoms with Gasteiger partial charge in [0.15, 0.2) is 0 Å². The van der Waals surface area contributed by atoms with Gasteiger partial charge in [0.25, 0.3) is 0 Å². The molecule has 122 valence electrons. The van der Waals surface area contributed by atoms with Gasteiger partial charge in [-0.05, 0) is 47.5 Å². The lowest BCUT2D eigenvalue weighted by Gasteiger charge is -2.24. The van der Waals surface area contributed by atoms with Crippen molar-refractivity contribution < 1.29 is 19.1 Å². The van der Waals surface area contributed by atoms with Crippen LogP contribution in [-0.4, -0.2) is 29.3 Å². The Bertz CT molecular complexity index is 386. The number of carbonyl (C=O) groups excluding carboxylic acids is 2. The van der Waals surface area contributed by atoms with Crippen molar-refractivity contribution >= 4 is 12.1 Å². The minimum absolute atomic E-state index is 0.121. The van der Waals surface area contributed by atoms with Gasteiger partial charge in [-0.3, -0.25) is 0 Å². The van der Waals surface area contributed by atoms with Crippen LogP contribution in [0.1, 0.15) is 55.4 Å². The molecule has 0 radical (unpaired) electrons. The minimum atomic E-state index is -0.555. The highest BCUT2D eigenvalue weighted by Gasteiger charge is 2.20. The number of esters is 1. The van der Waals surface area contributed by atoms with Crippen LogP contribution in [0, 0.1) is 5.92 Å². The van der Waals surface area contributed by atoms with Gasteiger partial charge < -0.3 is 14.8 Å². The summed E-state index contributed by atoms with van der Waals surface area (Å²) in [6.07, 6.45) is 2.46. The molecule has 0 rings (SSSR count). The Morgan fingerprint density at radius 2 is 1.43 bits per heavy atom. The molecule has 0 unspecified atom stereocenters. The number of carbonyl (C=O) groups is 2. The highest BCUT2D eigenvalue weighted by atomic mass is 16.6. The van der Waals surface area contributed by atoms with Gasteiger partial charge in [0, 0.05) is 6.08 Å². The Morgan fingerprint density at radius 1 is 0.952 bits per heavy atom. The summed E-state index contributed by atoms with van der Waals surface area (Å²) in [7, 11) is 0. The summed E-state index contributed by atoms with van der Waals surface area (Å²) in [6.45, 7) is 14.7. The van der Waals surface area contributed by atoms with Gasteiger partial charge in [0.05, 0.1) is 6.04 Å². The fourth-order valence-corrected chi connectivity index (χ4v) is 1.40. The average Bonchev–Trinajstić information content (AvgIpc) is 2.18. The highest BCUT2D eigenvalue weighted by molar-refractivity contribution is 5.82. The number of hydrogen-bond acceptors (Lipinski definition) is 4. The SMILES string of the molecule is CC(C)[C@@H](/C=C/C(=O)OC(C)(C)C)NC(=O)OC(C)(C)C. The number of amides is 1. The Morgan fingerprint density at radius 3 is 1.81 bits per heavy atom. The van der Waals surface area contributed by atoms with E-state index in [0.29, 0.717) is 0 Å². The van der Waals surface area contributed by atoms with Crippen LogP contribution >= 0.6 is 0 Å². The number of hydrogen-bond donors (Lipinski definition) is 1. The van der Waals surface area contributed by atoms with E-state index >= 15 is 0 Å². The summed E-state index contributed by atoms with van der Waals surface area (Å²) in [5.74, 6) is -0.310. The summed E-state index contributed by atoms with van der Waals surface area (Å²) in [4.78, 5) is 23.4. The van der Waals surface area contributed by atoms with Crippen molar-refractivity contribution in [2.45, 2.75) is 72.6 Å². The van der Waals surface area contributed by atoms with Crippen molar-refractivity contribution in [1.82, 2.24) is 5.32 Å². The number of nitrogens with one attached hydrogen (secondary N) is 1. The van der Waals surface area contributed by atoms with Gasteiger partial charge in [-0.25, -0.2) is 9.59 Å². The predicted octanol–water partition coefficient (Wildman–Crippen LogP) is 3.43. The first-order chi connectivity index (χ1) is 9.30. The number of rotatable bonds is 4. The van der Waals surface area contributed by atoms with Crippen LogP contribution in [0.2, 0.25) is 0 Å². The molecule has 0 saturated carbocycles. The van der Waals surface area contributed by atoms with E-state index in [9.17, 15) is 9.59 Å². The normalized spacial score (nSPS) is 14.1. The van der Waals surface area contributed by atoms with Crippen molar-refractivity contribution in [3.05, 3.63) is 12.2 Å². The van der Waals surface area contributed by atoms with Gasteiger partial charge in [-0.15, -0.1) is 0 Å². The molecule has 0 aromatic carbocycles. The maximum atomic E-state index is 11.8. The second-order valence-electron chi connectivity index (χ2n) is 7.31. The quantitative estimate of drug-likeness (QED) is 0.638. The Kier molecular flexibility index (Phi) is 6.94. The van der Waals surface area contributed by atoms with E-state index in [0.717, 1.165) is 0 Å². The van der Waals surface area contributed by atoms with Crippen molar-refractivity contribution in [3.8, 4) is 0 Å². The van der Waals surface area contributed by atoms with E-state index in [-0.39, 0.29) is 12.0 Å². The Labute approximate surface area is 128 Å². The molecule has 21 heavy (non-hydrogen) atoms. The molecule has 1 amide bonds. The lowest BCUT2D eigenvalue weighted by molar-refractivity contribution is -0.148. The van der Waals surface area contributed by atoms with Crippen LogP contribution in [-0.2, 0) is 14.3 Å². The summed E-state index contributed by atoms with van der Waals surface area (Å²) in [5.41, 5.74) is -1.09. The highest BCUT2D eigenvalue weighted by Crippen LogP contribution is 2.11. The van der Waals surface area contributed by atoms with Crippen molar-refractivity contribution in [3.63, 3.8) is 0 Å². The topological polar surface area (TPSA) is 64.6 Å². The van der Waals surface area contributed by atoms with Crippen LogP contribution in [0.3, 0.4) is 0 Å². The Balaban J connectivity index is 4.64. The van der Waals surface area contributed by atoms with Gasteiger partial charge in [0.1, 0.15) is 11.2 Å². The average molecular weight is 299 g/mol. The van der Waals surface area contributed by atoms with E-state index in [1.165, 1.54) is 6.08 Å². The molecule has 0 aliphatic carbocycles. The first kappa shape index (κ1) is 19.5. The van der Waals surface area contributed by atoms with Crippen LogP contribution in [0.15, 0.2) is 12.2 Å². The predicted molar refractivity (Wildman–Crippen MR) is 83.0 cm³/mol. The standard InChI is InChI=1S/C16H29NO4/c1-11(2)12(17-14(19)21-16(6,7)8)9-10-13(18)20-15(3,4)5/h9-12H,1-8H3,(H,17,19)/b10-9+/t12-/m1/s1. The molecule has 5 nitrogen and oxygen atoms in total. The van der Waals surface area contributed by atoms with Crippen LogP contribution in [0.5, 0.6) is 0 Å². The molecular weight excluding hydrogens is 270 g/mol. The second kappa shape index (κ2) is 7.48. The van der Waals surface area contributed by atoms with Gasteiger partial charge >= 0.3 is 12.1 Å². The number of alkyl carbamates (subject to hydrolysis) is 1. The second-order valence-corrected chi connectivity index (χ2v) is 7.31. The van der Waals surface area contributed by atoms with Crippen LogP contribution < -0.4 is 5.32 Å². The molecule has 0 aromatic rings. The van der Waals surface area contributed by atoms with Gasteiger partial charge in [-0.2, -0.15) is 0 Å². The molecule has 0 bridgehead atoms. The fraction of sp³-hybridized carbons (Fsp3) is 0.750. The summed E-state index contributed by atoms with van der Waals surface area (Å²) in [5, 5.41) is 2.74. The molecule has 0 spiro atoms. The first-order valence-corrected chi connectivity index (χ1v) is 7.21. The maximum absolute atomic E-state index is 11.8. The molecule has 1 N–H and O–H groups in total. The molecule has 0 aliphatic rings. The van der Waals surface area contributed by atoms with Crippen molar-refractivity contribution in [2.24, 2.45) is 5.92 Å². The zero-order chi connectivity index (χ0) is 16.8. The first-order valence-electron chi connectivity index (χ1n) is 7.21. The fourth-order valence-electron chi connectivity index (χ4n) is 1.40. The molecule has 0 fully saturated rings. The van der Waals surface area contributed by atoms with E-state index in [1.807, 2.05) is 13.8 Å². The lowest BCUT2D eigenvalue weighted by Crippen LogP contribution is -2.40. The third-order valence-electron chi connectivity index (χ3n) is 2.25. The third-order valence-corrected chi connectivity index (χ3v) is 2.25. The molecule has 0 heterocycles. The minimum Gasteiger partial charge on any atom is -0.457 e. The molecule has 0 aliphatic heterocycles. The van der Waals surface area contributed by atoms with Crippen LogP contribution in [0.25, 0.3) is 0 Å². The zero-order valence-electron chi connectivity index (χ0n) is 14.4. The Hall–Kier alpha value is -1.52. The smallest absolute Gasteiger partial charge is 0.408 e. The lowest BCUT2D eigenvalue weighted by atomic mass is 10.0. The molecule has 0 saturated heterocycles. The summed E-state index contributed by atoms with van der Waals surface area (Å²) < 4.78 is 10.4. The summed E-state index contributed by atoms with van der Waals surface area (Å²) >= 11 is 0. The molecular formula is C16H29NO4. The van der Waals surface area contributed by atoms with Crippen molar-refractivity contribution in [1.29, 1.82) is 0 Å². The van der Waals surface area contributed by atoms with E-state index in [1.54, 1.807) is 47.6 Å². The molecule has 1 atom stereocenters. The van der Waals surface area contributed by atoms with E-state index < -0.39 is 23.3 Å². The maximum Gasteiger partial charge on any atom is 0.408 e. The van der Waals surface area contributed by atoms with E-state index in [2.05, 4.69) is 5.32 Å². The zero-order valence-corrected chi connectivity index (χ0v) is 14.4. The monoisotopic (exact) mass is 299 g/mol. The largest absolute Gasteiger partial charge is 0.457 e. The number of ether oxygens (including phenoxy) is 2.